The van der Waals surface area contributed by atoms with Crippen LogP contribution in [0.15, 0.2) is 146 Å². The lowest BCUT2D eigenvalue weighted by Crippen LogP contribution is -2.29. The second-order valence-corrected chi connectivity index (χ2v) is 25.9. The molecule has 3 N–H and O–H groups in total. The number of carbonyl (C=O) groups excluding carboxylic acids is 2. The van der Waals surface area contributed by atoms with Gasteiger partial charge in [-0.25, -0.2) is 4.57 Å². The molecule has 0 aromatic carbocycles. The van der Waals surface area contributed by atoms with E-state index in [0.29, 0.717) is 6.42 Å². The summed E-state index contributed by atoms with van der Waals surface area (Å²) in [7, 11) is -4.40. The Morgan fingerprint density at radius 3 is 0.846 bits per heavy atom. The molecule has 520 valence electrons. The highest BCUT2D eigenvalue weighted by molar-refractivity contribution is 7.47. The highest BCUT2D eigenvalue weighted by Gasteiger charge is 2.26. The summed E-state index contributed by atoms with van der Waals surface area (Å²) < 4.78 is 33.2. The second kappa shape index (κ2) is 74.9. The van der Waals surface area contributed by atoms with Crippen LogP contribution in [-0.4, -0.2) is 49.3 Å². The van der Waals surface area contributed by atoms with Gasteiger partial charge in [-0.15, -0.1) is 0 Å². The van der Waals surface area contributed by atoms with Crippen LogP contribution in [0.3, 0.4) is 0 Å². The van der Waals surface area contributed by atoms with E-state index in [0.717, 1.165) is 116 Å². The van der Waals surface area contributed by atoms with Crippen molar-refractivity contribution in [3.63, 3.8) is 0 Å². The summed E-state index contributed by atoms with van der Waals surface area (Å²) in [6.45, 7) is 3.54. The summed E-state index contributed by atoms with van der Waals surface area (Å²) in [5, 5.41) is 0. The number of hydrogen-bond donors (Lipinski definition) is 2. The highest BCUT2D eigenvalue weighted by atomic mass is 31.2. The van der Waals surface area contributed by atoms with Gasteiger partial charge in [0, 0.05) is 19.4 Å². The van der Waals surface area contributed by atoms with E-state index < -0.39 is 26.5 Å². The zero-order valence-corrected chi connectivity index (χ0v) is 59.4. The van der Waals surface area contributed by atoms with Crippen LogP contribution in [0, 0.1) is 0 Å². The molecule has 0 aromatic heterocycles. The van der Waals surface area contributed by atoms with E-state index in [2.05, 4.69) is 160 Å². The van der Waals surface area contributed by atoms with Crippen molar-refractivity contribution < 1.29 is 37.6 Å². The predicted octanol–water partition coefficient (Wildman–Crippen LogP) is 25.0. The Hall–Kier alpha value is -4.11. The molecule has 91 heavy (non-hydrogen) atoms. The van der Waals surface area contributed by atoms with Gasteiger partial charge >= 0.3 is 19.8 Å². The molecule has 0 spiro atoms. The number of ether oxygens (including phenoxy) is 2. The van der Waals surface area contributed by atoms with Gasteiger partial charge < -0.3 is 20.1 Å². The average molecular weight is 1280 g/mol. The molecule has 10 heteroatoms. The Morgan fingerprint density at radius 1 is 0.330 bits per heavy atom. The molecule has 0 aromatic rings. The number of carbonyl (C=O) groups is 2. The van der Waals surface area contributed by atoms with Gasteiger partial charge in [0.15, 0.2) is 6.10 Å². The van der Waals surface area contributed by atoms with Crippen molar-refractivity contribution in [1.29, 1.82) is 0 Å². The topological polar surface area (TPSA) is 134 Å². The lowest BCUT2D eigenvalue weighted by Gasteiger charge is -2.19. The molecular formula is C81H138NO8P. The minimum absolute atomic E-state index is 0.0488. The van der Waals surface area contributed by atoms with Crippen molar-refractivity contribution in [2.45, 2.75) is 328 Å². The molecule has 0 radical (unpaired) electrons. The zero-order valence-electron chi connectivity index (χ0n) is 58.5. The quantitative estimate of drug-likeness (QED) is 0.0264. The Labute approximate surface area is 560 Å². The maximum absolute atomic E-state index is 12.8. The Bertz CT molecular complexity index is 2010. The van der Waals surface area contributed by atoms with Gasteiger partial charge in [-0.3, -0.25) is 18.6 Å². The SMILES string of the molecule is CC/C=C\C/C=C\C/C=C\C/C=C\C/C=C\C/C=C\C/C=C\C/C=C\CCCCCCCCCCCCCCC(=O)OC(COC(=O)CCCCCCCCCCCCCCCCCCCCCC/C=C\C/C=C\C/C=C\C/C=C\CC)COP(=O)(O)OCCN. The number of hydrogen-bond acceptors (Lipinski definition) is 8. The van der Waals surface area contributed by atoms with Crippen molar-refractivity contribution in [3.05, 3.63) is 146 Å². The lowest BCUT2D eigenvalue weighted by molar-refractivity contribution is -0.161. The van der Waals surface area contributed by atoms with E-state index in [9.17, 15) is 19.0 Å². The molecule has 9 nitrogen and oxygen atoms in total. The summed E-state index contributed by atoms with van der Waals surface area (Å²) in [6.07, 6.45) is 108. The molecule has 0 saturated carbocycles. The van der Waals surface area contributed by atoms with E-state index in [1.165, 1.54) is 173 Å². The Kier molecular flexibility index (Phi) is 71.5. The molecule has 0 aliphatic rings. The van der Waals surface area contributed by atoms with Crippen LogP contribution >= 0.6 is 7.82 Å². The number of phosphoric ester groups is 1. The fourth-order valence-electron chi connectivity index (χ4n) is 10.3. The predicted molar refractivity (Wildman–Crippen MR) is 394 cm³/mol. The first-order valence-corrected chi connectivity index (χ1v) is 38.8. The monoisotopic (exact) mass is 1280 g/mol. The number of unbranched alkanes of at least 4 members (excludes halogenated alkanes) is 32. The first-order valence-electron chi connectivity index (χ1n) is 37.3. The normalized spacial score (nSPS) is 13.8. The maximum atomic E-state index is 12.8. The molecule has 0 aliphatic carbocycles. The number of nitrogens with two attached hydrogens (primary N) is 1. The van der Waals surface area contributed by atoms with Gasteiger partial charge in [-0.1, -0.05) is 339 Å². The number of phosphoric acid groups is 1. The maximum Gasteiger partial charge on any atom is 0.472 e. The lowest BCUT2D eigenvalue weighted by atomic mass is 10.0. The molecule has 2 unspecified atom stereocenters. The van der Waals surface area contributed by atoms with Crippen LogP contribution in [0.2, 0.25) is 0 Å². The molecule has 0 amide bonds. The van der Waals surface area contributed by atoms with Gasteiger partial charge in [0.05, 0.1) is 13.2 Å². The largest absolute Gasteiger partial charge is 0.472 e. The smallest absolute Gasteiger partial charge is 0.462 e. The highest BCUT2D eigenvalue weighted by Crippen LogP contribution is 2.43. The first-order chi connectivity index (χ1) is 44.8. The van der Waals surface area contributed by atoms with Crippen LogP contribution in [0.25, 0.3) is 0 Å². The van der Waals surface area contributed by atoms with Crippen LogP contribution in [-0.2, 0) is 32.7 Å². The van der Waals surface area contributed by atoms with Crippen LogP contribution in [0.4, 0.5) is 0 Å². The minimum Gasteiger partial charge on any atom is -0.462 e. The molecule has 0 bridgehead atoms. The number of allylic oxidation sites excluding steroid dienone is 24. The summed E-state index contributed by atoms with van der Waals surface area (Å²) in [6, 6.07) is 0. The summed E-state index contributed by atoms with van der Waals surface area (Å²) >= 11 is 0. The van der Waals surface area contributed by atoms with E-state index >= 15 is 0 Å². The van der Waals surface area contributed by atoms with Gasteiger partial charge in [-0.2, -0.15) is 0 Å². The Balaban J connectivity index is 3.88. The van der Waals surface area contributed by atoms with Crippen LogP contribution in [0.5, 0.6) is 0 Å². The fraction of sp³-hybridized carbons (Fsp3) is 0.679. The van der Waals surface area contributed by atoms with Crippen LogP contribution in [0.1, 0.15) is 322 Å². The van der Waals surface area contributed by atoms with Gasteiger partial charge in [0.2, 0.25) is 0 Å². The zero-order chi connectivity index (χ0) is 65.8. The van der Waals surface area contributed by atoms with E-state index in [1.807, 2.05) is 0 Å². The first kappa shape index (κ1) is 86.9. The van der Waals surface area contributed by atoms with Gasteiger partial charge in [0.25, 0.3) is 0 Å². The van der Waals surface area contributed by atoms with Gasteiger partial charge in [0.1, 0.15) is 6.61 Å². The van der Waals surface area contributed by atoms with Crippen molar-refractivity contribution in [1.82, 2.24) is 0 Å². The van der Waals surface area contributed by atoms with Crippen LogP contribution < -0.4 is 5.73 Å². The van der Waals surface area contributed by atoms with Gasteiger partial charge in [-0.05, 0) is 116 Å². The van der Waals surface area contributed by atoms with Crippen molar-refractivity contribution in [3.8, 4) is 0 Å². The molecule has 2 atom stereocenters. The second-order valence-electron chi connectivity index (χ2n) is 24.4. The molecule has 0 rings (SSSR count). The molecular weight excluding hydrogens is 1150 g/mol. The fourth-order valence-corrected chi connectivity index (χ4v) is 11.1. The molecule has 0 aliphatic heterocycles. The number of rotatable bonds is 69. The van der Waals surface area contributed by atoms with E-state index in [4.69, 9.17) is 24.3 Å². The third-order valence-corrected chi connectivity index (χ3v) is 16.7. The molecule has 0 fully saturated rings. The summed E-state index contributed by atoms with van der Waals surface area (Å²) in [5.74, 6) is -0.825. The third kappa shape index (κ3) is 74.8. The summed E-state index contributed by atoms with van der Waals surface area (Å²) in [4.78, 5) is 35.4. The third-order valence-electron chi connectivity index (χ3n) is 15.7. The standard InChI is InChI=1S/C81H138NO8P/c1-3-5-7-9-11-13-15-17-19-21-23-25-27-29-31-33-35-37-38-39-40-42-44-46-48-50-52-54-56-58-60-62-64-66-68-70-72-74-81(84)90-79(78-89-91(85,86)88-76-75-82)77-87-80(83)73-71-69-67-65-63-61-59-57-55-53-51-49-47-45-43-41-36-34-32-30-28-26-24-22-20-18-16-14-12-10-8-6-4-2/h5-8,11-14,17-20,23-26,29,31,35,37,39-40,44,46,79H,3-4,9-10,15-16,21-22,27-28,30,32-34,36,38,41-43,45,47-78,82H2,1-2H3,(H,85,86)/b7-5-,8-6-,13-11-,14-12-,19-17-,20-18-,25-23-,26-24-,31-29-,37-35-,40-39-,46-44-. The molecule has 0 saturated heterocycles. The average Bonchev–Trinajstić information content (AvgIpc) is 3.74. The van der Waals surface area contributed by atoms with E-state index in [1.54, 1.807) is 0 Å². The Morgan fingerprint density at radius 2 is 0.571 bits per heavy atom. The summed E-state index contributed by atoms with van der Waals surface area (Å²) in [5.41, 5.74) is 5.41. The minimum atomic E-state index is -4.40. The molecule has 0 heterocycles. The number of esters is 2. The van der Waals surface area contributed by atoms with E-state index in [-0.39, 0.29) is 38.6 Å². The van der Waals surface area contributed by atoms with Crippen molar-refractivity contribution >= 4 is 19.8 Å². The van der Waals surface area contributed by atoms with Crippen molar-refractivity contribution in [2.75, 3.05) is 26.4 Å². The van der Waals surface area contributed by atoms with Crippen molar-refractivity contribution in [2.24, 2.45) is 5.73 Å².